The van der Waals surface area contributed by atoms with Gasteiger partial charge in [-0.05, 0) is 43.5 Å². The van der Waals surface area contributed by atoms with Gasteiger partial charge in [-0.1, -0.05) is 33.1 Å². The second-order valence-electron chi connectivity index (χ2n) is 6.97. The zero-order valence-electron chi connectivity index (χ0n) is 16.2. The smallest absolute Gasteiger partial charge is 0.411 e. The molecular weight excluding hydrogens is 342 g/mol. The van der Waals surface area contributed by atoms with Crippen LogP contribution in [0, 0.1) is 5.92 Å². The molecule has 0 bridgehead atoms. The molecule has 1 aliphatic heterocycles. The minimum absolute atomic E-state index is 0.415. The highest BCUT2D eigenvalue weighted by atomic mass is 16.5. The number of rotatable bonds is 8. The molecule has 144 valence electrons. The van der Waals surface area contributed by atoms with E-state index in [0.717, 1.165) is 42.8 Å². The Balaban J connectivity index is 1.53. The number of nitrogens with zero attached hydrogens (tertiary/aromatic N) is 4. The summed E-state index contributed by atoms with van der Waals surface area (Å²) in [5.41, 5.74) is 2.58. The third-order valence-electron chi connectivity index (χ3n) is 4.72. The number of carbonyl (C=O) groups is 1. The van der Waals surface area contributed by atoms with Crippen molar-refractivity contribution in [2.75, 3.05) is 11.9 Å². The monoisotopic (exact) mass is 369 g/mol. The molecule has 0 saturated heterocycles. The van der Waals surface area contributed by atoms with Crippen LogP contribution in [0.2, 0.25) is 0 Å². The van der Waals surface area contributed by atoms with Gasteiger partial charge in [-0.3, -0.25) is 5.32 Å². The van der Waals surface area contributed by atoms with E-state index in [1.165, 1.54) is 6.42 Å². The Morgan fingerprint density at radius 3 is 2.74 bits per heavy atom. The van der Waals surface area contributed by atoms with E-state index in [0.29, 0.717) is 24.0 Å². The third kappa shape index (κ3) is 4.93. The lowest BCUT2D eigenvalue weighted by Crippen LogP contribution is -2.18. The van der Waals surface area contributed by atoms with Gasteiger partial charge in [0.1, 0.15) is 0 Å². The minimum atomic E-state index is -0.415. The predicted octanol–water partition coefficient (Wildman–Crippen LogP) is 4.49. The Bertz CT molecular complexity index is 810. The Kier molecular flexibility index (Phi) is 6.21. The molecule has 1 aliphatic rings. The molecule has 7 nitrogen and oxygen atoms in total. The average Bonchev–Trinajstić information content (AvgIpc) is 3.20. The van der Waals surface area contributed by atoms with Crippen LogP contribution in [-0.2, 0) is 11.2 Å². The fourth-order valence-corrected chi connectivity index (χ4v) is 3.02. The highest BCUT2D eigenvalue weighted by Crippen LogP contribution is 2.21. The van der Waals surface area contributed by atoms with Gasteiger partial charge in [-0.2, -0.15) is 5.10 Å². The first-order valence-corrected chi connectivity index (χ1v) is 9.63. The van der Waals surface area contributed by atoms with Gasteiger partial charge in [0, 0.05) is 23.4 Å². The van der Waals surface area contributed by atoms with Gasteiger partial charge < -0.3 is 4.74 Å². The number of ether oxygens (including phenoxy) is 1. The fraction of sp³-hybridized carbons (Fsp3) is 0.500. The van der Waals surface area contributed by atoms with Gasteiger partial charge in [-0.15, -0.1) is 9.89 Å². The van der Waals surface area contributed by atoms with Gasteiger partial charge in [0.2, 0.25) is 0 Å². The lowest BCUT2D eigenvalue weighted by atomic mass is 10.0. The second-order valence-corrected chi connectivity index (χ2v) is 6.97. The van der Waals surface area contributed by atoms with Crippen LogP contribution < -0.4 is 5.32 Å². The molecular formula is C20H27N5O2. The summed E-state index contributed by atoms with van der Waals surface area (Å²) < 4.78 is 5.37. The Morgan fingerprint density at radius 1 is 1.30 bits per heavy atom. The molecule has 1 amide bonds. The first kappa shape index (κ1) is 19.1. The molecule has 0 spiro atoms. The first-order valence-electron chi connectivity index (χ1n) is 9.63. The van der Waals surface area contributed by atoms with Crippen molar-refractivity contribution in [1.29, 1.82) is 0 Å². The molecule has 2 heterocycles. The molecule has 0 aliphatic carbocycles. The van der Waals surface area contributed by atoms with E-state index in [4.69, 9.17) is 4.74 Å². The molecule has 2 aromatic rings. The van der Waals surface area contributed by atoms with Crippen molar-refractivity contribution < 1.29 is 9.53 Å². The molecule has 0 fully saturated rings. The number of aromatic nitrogens is 3. The predicted molar refractivity (Wildman–Crippen MR) is 106 cm³/mol. The van der Waals surface area contributed by atoms with Crippen molar-refractivity contribution in [3.8, 4) is 11.4 Å². The second kappa shape index (κ2) is 8.79. The lowest BCUT2D eigenvalue weighted by molar-refractivity contribution is 0.136. The zero-order valence-corrected chi connectivity index (χ0v) is 16.2. The Morgan fingerprint density at radius 2 is 2.07 bits per heavy atom. The van der Waals surface area contributed by atoms with Crippen molar-refractivity contribution in [2.45, 2.75) is 52.9 Å². The van der Waals surface area contributed by atoms with Crippen molar-refractivity contribution in [3.63, 3.8) is 0 Å². The molecule has 1 atom stereocenters. The van der Waals surface area contributed by atoms with Crippen molar-refractivity contribution in [2.24, 2.45) is 11.0 Å². The zero-order chi connectivity index (χ0) is 19.2. The van der Waals surface area contributed by atoms with Gasteiger partial charge >= 0.3 is 6.09 Å². The molecule has 1 N–H and O–H groups in total. The lowest BCUT2D eigenvalue weighted by Gasteiger charge is -2.15. The standard InChI is InChI=1S/C20H27N5O2/c1-4-6-7-15(5-2)13-27-20(26)21-17-10-8-16(9-11-17)19-22-18-12-14(3)23-25(18)24-19/h8-11,15H,4-7,12-13H2,1-3H3,(H,21,26). The van der Waals surface area contributed by atoms with Crippen molar-refractivity contribution in [3.05, 3.63) is 30.1 Å². The van der Waals surface area contributed by atoms with Crippen LogP contribution in [0.4, 0.5) is 10.5 Å². The van der Waals surface area contributed by atoms with E-state index >= 15 is 0 Å². The maximum absolute atomic E-state index is 12.0. The van der Waals surface area contributed by atoms with E-state index in [-0.39, 0.29) is 0 Å². The summed E-state index contributed by atoms with van der Waals surface area (Å²) in [5, 5.41) is 11.5. The molecule has 7 heteroatoms. The molecule has 0 radical (unpaired) electrons. The highest BCUT2D eigenvalue weighted by Gasteiger charge is 2.17. The molecule has 3 rings (SSSR count). The van der Waals surface area contributed by atoms with E-state index in [2.05, 4.69) is 34.3 Å². The normalized spacial score (nSPS) is 13.8. The number of unbranched alkanes of at least 4 members (excludes halogenated alkanes) is 1. The number of amides is 1. The number of carbonyl (C=O) groups excluding carboxylic acids is 1. The van der Waals surface area contributed by atoms with Crippen LogP contribution in [0.25, 0.3) is 11.4 Å². The van der Waals surface area contributed by atoms with Crippen LogP contribution in [0.3, 0.4) is 0 Å². The number of anilines is 1. The molecule has 1 aromatic heterocycles. The van der Waals surface area contributed by atoms with E-state index in [1.807, 2.05) is 31.2 Å². The quantitative estimate of drug-likeness (QED) is 0.743. The van der Waals surface area contributed by atoms with E-state index < -0.39 is 6.09 Å². The molecule has 1 unspecified atom stereocenters. The van der Waals surface area contributed by atoms with Crippen LogP contribution >= 0.6 is 0 Å². The number of benzene rings is 1. The SMILES string of the molecule is CCCCC(CC)COC(=O)Nc1ccc(-c2nc3n(n2)N=C(C)C3)cc1. The van der Waals surface area contributed by atoms with Crippen LogP contribution in [-0.4, -0.2) is 33.3 Å². The fourth-order valence-electron chi connectivity index (χ4n) is 3.02. The Hall–Kier alpha value is -2.70. The summed E-state index contributed by atoms with van der Waals surface area (Å²) in [6, 6.07) is 7.41. The van der Waals surface area contributed by atoms with Gasteiger partial charge in [0.15, 0.2) is 11.6 Å². The van der Waals surface area contributed by atoms with Crippen molar-refractivity contribution in [1.82, 2.24) is 14.9 Å². The van der Waals surface area contributed by atoms with Gasteiger partial charge in [-0.25, -0.2) is 9.78 Å². The molecule has 0 saturated carbocycles. The van der Waals surface area contributed by atoms with Gasteiger partial charge in [0.25, 0.3) is 0 Å². The van der Waals surface area contributed by atoms with Gasteiger partial charge in [0.05, 0.1) is 6.61 Å². The summed E-state index contributed by atoms with van der Waals surface area (Å²) in [6.07, 6.45) is 4.77. The number of fused-ring (bicyclic) bond motifs is 1. The topological polar surface area (TPSA) is 81.4 Å². The summed E-state index contributed by atoms with van der Waals surface area (Å²) in [7, 11) is 0. The van der Waals surface area contributed by atoms with Crippen LogP contribution in [0.5, 0.6) is 0 Å². The molecule has 1 aromatic carbocycles. The molecule has 27 heavy (non-hydrogen) atoms. The number of hydrogen-bond donors (Lipinski definition) is 1. The third-order valence-corrected chi connectivity index (χ3v) is 4.72. The van der Waals surface area contributed by atoms with Crippen LogP contribution in [0.1, 0.15) is 52.3 Å². The summed E-state index contributed by atoms with van der Waals surface area (Å²) in [5.74, 6) is 1.91. The van der Waals surface area contributed by atoms with Crippen LogP contribution in [0.15, 0.2) is 29.4 Å². The maximum atomic E-state index is 12.0. The summed E-state index contributed by atoms with van der Waals surface area (Å²) in [6.45, 7) is 6.73. The Labute approximate surface area is 159 Å². The maximum Gasteiger partial charge on any atom is 0.411 e. The first-order chi connectivity index (χ1) is 13.1. The number of hydrogen-bond acceptors (Lipinski definition) is 5. The van der Waals surface area contributed by atoms with Crippen molar-refractivity contribution >= 4 is 17.5 Å². The average molecular weight is 369 g/mol. The largest absolute Gasteiger partial charge is 0.449 e. The number of nitrogens with one attached hydrogen (secondary N) is 1. The van der Waals surface area contributed by atoms with E-state index in [9.17, 15) is 4.79 Å². The van der Waals surface area contributed by atoms with E-state index in [1.54, 1.807) is 4.79 Å². The summed E-state index contributed by atoms with van der Waals surface area (Å²) >= 11 is 0. The highest BCUT2D eigenvalue weighted by molar-refractivity contribution is 5.85. The summed E-state index contributed by atoms with van der Waals surface area (Å²) in [4.78, 5) is 18.1. The minimum Gasteiger partial charge on any atom is -0.449 e.